The quantitative estimate of drug-likeness (QED) is 0.739. The van der Waals surface area contributed by atoms with E-state index >= 15 is 0 Å². The summed E-state index contributed by atoms with van der Waals surface area (Å²) in [5.74, 6) is -2.16. The van der Waals surface area contributed by atoms with E-state index in [-0.39, 0.29) is 12.0 Å². The molecule has 1 amide bonds. The Morgan fingerprint density at radius 2 is 2.04 bits per heavy atom. The van der Waals surface area contributed by atoms with Crippen molar-refractivity contribution in [2.45, 2.75) is 31.8 Å². The summed E-state index contributed by atoms with van der Waals surface area (Å²) in [6.45, 7) is 1.14. The summed E-state index contributed by atoms with van der Waals surface area (Å²) in [7, 11) is 0. The van der Waals surface area contributed by atoms with Crippen molar-refractivity contribution in [1.29, 1.82) is 0 Å². The van der Waals surface area contributed by atoms with Crippen LogP contribution in [0.3, 0.4) is 0 Å². The van der Waals surface area contributed by atoms with E-state index in [0.717, 1.165) is 19.4 Å². The number of hydrogen-bond acceptors (Lipinski definition) is 4. The predicted octanol–water partition coefficient (Wildman–Crippen LogP) is 3.50. The second kappa shape index (κ2) is 8.56. The van der Waals surface area contributed by atoms with Crippen LogP contribution in [0.5, 0.6) is 5.75 Å². The molecule has 3 atom stereocenters. The second-order valence-electron chi connectivity index (χ2n) is 6.57. The van der Waals surface area contributed by atoms with E-state index in [1.165, 1.54) is 0 Å². The molecule has 7 heteroatoms. The average Bonchev–Trinajstić information content (AvgIpc) is 3.14. The second-order valence-corrected chi connectivity index (χ2v) is 7.01. The van der Waals surface area contributed by atoms with Gasteiger partial charge in [0.1, 0.15) is 12.4 Å². The molecule has 1 aliphatic heterocycles. The lowest BCUT2D eigenvalue weighted by Crippen LogP contribution is -2.34. The maximum absolute atomic E-state index is 12.7. The number of carbonyl (C=O) groups is 2. The number of carboxylic acids is 1. The molecule has 0 bridgehead atoms. The van der Waals surface area contributed by atoms with Gasteiger partial charge in [0.15, 0.2) is 0 Å². The van der Waals surface area contributed by atoms with Gasteiger partial charge in [-0.25, -0.2) is 0 Å². The van der Waals surface area contributed by atoms with Crippen LogP contribution in [0, 0.1) is 11.8 Å². The van der Waals surface area contributed by atoms with Crippen LogP contribution < -0.4 is 10.1 Å². The molecular formula is C19H22ClNO5. The van der Waals surface area contributed by atoms with Crippen molar-refractivity contribution in [3.05, 3.63) is 35.4 Å². The summed E-state index contributed by atoms with van der Waals surface area (Å²) in [5.41, 5.74) is 0.444. The SMILES string of the molecule is O=C(Nc1cc(Cl)ccc1OC[C@@H]1CCCO1)[C@H]1CC=CC[C@H]1C(=O)O. The molecule has 0 spiro atoms. The molecule has 26 heavy (non-hydrogen) atoms. The van der Waals surface area contributed by atoms with Crippen molar-refractivity contribution in [3.8, 4) is 5.75 Å². The Bertz CT molecular complexity index is 699. The van der Waals surface area contributed by atoms with Gasteiger partial charge in [0, 0.05) is 11.6 Å². The fourth-order valence-corrected chi connectivity index (χ4v) is 3.46. The monoisotopic (exact) mass is 379 g/mol. The zero-order chi connectivity index (χ0) is 18.5. The first-order valence-electron chi connectivity index (χ1n) is 8.77. The highest BCUT2D eigenvalue weighted by Gasteiger charge is 2.34. The standard InChI is InChI=1S/C19H22ClNO5/c20-12-7-8-17(26-11-13-4-3-9-25-13)16(10-12)21-18(22)14-5-1-2-6-15(14)19(23)24/h1-2,7-8,10,13-15H,3-6,9,11H2,(H,21,22)(H,23,24)/t13-,14-,15+/m0/s1. The molecule has 1 fully saturated rings. The van der Waals surface area contributed by atoms with Crippen LogP contribution in [0.15, 0.2) is 30.4 Å². The highest BCUT2D eigenvalue weighted by molar-refractivity contribution is 6.31. The van der Waals surface area contributed by atoms with Crippen LogP contribution in [0.25, 0.3) is 0 Å². The van der Waals surface area contributed by atoms with Gasteiger partial charge >= 0.3 is 5.97 Å². The molecule has 6 nitrogen and oxygen atoms in total. The number of hydrogen-bond donors (Lipinski definition) is 2. The fraction of sp³-hybridized carbons (Fsp3) is 0.474. The van der Waals surface area contributed by atoms with Gasteiger partial charge in [-0.2, -0.15) is 0 Å². The van der Waals surface area contributed by atoms with Crippen molar-refractivity contribution in [2.24, 2.45) is 11.8 Å². The van der Waals surface area contributed by atoms with Crippen LogP contribution >= 0.6 is 11.6 Å². The average molecular weight is 380 g/mol. The first-order chi connectivity index (χ1) is 12.5. The van der Waals surface area contributed by atoms with Gasteiger partial charge < -0.3 is 19.9 Å². The van der Waals surface area contributed by atoms with Gasteiger partial charge in [-0.15, -0.1) is 0 Å². The zero-order valence-corrected chi connectivity index (χ0v) is 15.1. The van der Waals surface area contributed by atoms with E-state index in [2.05, 4.69) is 5.32 Å². The van der Waals surface area contributed by atoms with Crippen LogP contribution in [0.2, 0.25) is 5.02 Å². The Balaban J connectivity index is 1.71. The van der Waals surface area contributed by atoms with E-state index in [0.29, 0.717) is 35.9 Å². The summed E-state index contributed by atoms with van der Waals surface area (Å²) < 4.78 is 11.4. The smallest absolute Gasteiger partial charge is 0.307 e. The molecule has 1 saturated heterocycles. The number of nitrogens with one attached hydrogen (secondary N) is 1. The minimum atomic E-state index is -0.963. The van der Waals surface area contributed by atoms with Gasteiger partial charge in [-0.05, 0) is 43.9 Å². The van der Waals surface area contributed by atoms with E-state index in [1.807, 2.05) is 6.08 Å². The number of aliphatic carboxylic acids is 1. The molecule has 2 N–H and O–H groups in total. The number of halogens is 1. The summed E-state index contributed by atoms with van der Waals surface area (Å²) in [4.78, 5) is 24.1. The molecule has 0 saturated carbocycles. The van der Waals surface area contributed by atoms with Crippen LogP contribution in [0.4, 0.5) is 5.69 Å². The normalized spacial score (nSPS) is 25.0. The summed E-state index contributed by atoms with van der Waals surface area (Å²) in [6, 6.07) is 4.99. The number of anilines is 1. The molecule has 140 valence electrons. The van der Waals surface area contributed by atoms with Crippen molar-refractivity contribution in [1.82, 2.24) is 0 Å². The minimum absolute atomic E-state index is 0.0501. The lowest BCUT2D eigenvalue weighted by atomic mass is 9.82. The number of amides is 1. The lowest BCUT2D eigenvalue weighted by Gasteiger charge is -2.25. The van der Waals surface area contributed by atoms with E-state index in [4.69, 9.17) is 21.1 Å². The van der Waals surface area contributed by atoms with E-state index in [9.17, 15) is 14.7 Å². The van der Waals surface area contributed by atoms with Gasteiger partial charge in [0.25, 0.3) is 0 Å². The van der Waals surface area contributed by atoms with Crippen molar-refractivity contribution < 1.29 is 24.2 Å². The number of carboxylic acid groups (broad SMARTS) is 1. The molecule has 1 aromatic carbocycles. The van der Waals surface area contributed by atoms with E-state index < -0.39 is 17.8 Å². The highest BCUT2D eigenvalue weighted by atomic mass is 35.5. The first-order valence-corrected chi connectivity index (χ1v) is 9.15. The van der Waals surface area contributed by atoms with Gasteiger partial charge in [0.2, 0.25) is 5.91 Å². The van der Waals surface area contributed by atoms with E-state index in [1.54, 1.807) is 24.3 Å². The Kier molecular flexibility index (Phi) is 6.16. The maximum Gasteiger partial charge on any atom is 0.307 e. The summed E-state index contributed by atoms with van der Waals surface area (Å²) in [5, 5.41) is 12.6. The predicted molar refractivity (Wildman–Crippen MR) is 97.5 cm³/mol. The fourth-order valence-electron chi connectivity index (χ4n) is 3.29. The molecule has 1 heterocycles. The third-order valence-electron chi connectivity index (χ3n) is 4.73. The Labute approximate surface area is 157 Å². The first kappa shape index (κ1) is 18.7. The molecule has 1 aromatic rings. The number of rotatable bonds is 6. The minimum Gasteiger partial charge on any atom is -0.489 e. The van der Waals surface area contributed by atoms with Gasteiger partial charge in [-0.3, -0.25) is 9.59 Å². The highest BCUT2D eigenvalue weighted by Crippen LogP contribution is 2.32. The maximum atomic E-state index is 12.7. The molecule has 2 aliphatic rings. The Morgan fingerprint density at radius 3 is 2.73 bits per heavy atom. The molecular weight excluding hydrogens is 358 g/mol. The third kappa shape index (κ3) is 4.56. The van der Waals surface area contributed by atoms with Crippen LogP contribution in [0.1, 0.15) is 25.7 Å². The van der Waals surface area contributed by atoms with Crippen LogP contribution in [-0.4, -0.2) is 36.3 Å². The summed E-state index contributed by atoms with van der Waals surface area (Å²) >= 11 is 6.06. The number of allylic oxidation sites excluding steroid dienone is 2. The number of ether oxygens (including phenoxy) is 2. The number of benzene rings is 1. The molecule has 0 unspecified atom stereocenters. The molecule has 3 rings (SSSR count). The molecule has 1 aliphatic carbocycles. The third-order valence-corrected chi connectivity index (χ3v) is 4.97. The van der Waals surface area contributed by atoms with Gasteiger partial charge in [-0.1, -0.05) is 23.8 Å². The van der Waals surface area contributed by atoms with Gasteiger partial charge in [0.05, 0.1) is 23.6 Å². The largest absolute Gasteiger partial charge is 0.489 e. The Hall–Kier alpha value is -2.05. The molecule has 0 radical (unpaired) electrons. The number of carbonyl (C=O) groups excluding carboxylic acids is 1. The summed E-state index contributed by atoms with van der Waals surface area (Å²) in [6.07, 6.45) is 6.41. The van der Waals surface area contributed by atoms with Crippen molar-refractivity contribution >= 4 is 29.2 Å². The van der Waals surface area contributed by atoms with Crippen molar-refractivity contribution in [3.63, 3.8) is 0 Å². The zero-order valence-electron chi connectivity index (χ0n) is 14.3. The lowest BCUT2D eigenvalue weighted by molar-refractivity contribution is -0.146. The topological polar surface area (TPSA) is 84.9 Å². The van der Waals surface area contributed by atoms with Crippen LogP contribution in [-0.2, 0) is 14.3 Å². The van der Waals surface area contributed by atoms with Crippen molar-refractivity contribution in [2.75, 3.05) is 18.5 Å². The Morgan fingerprint density at radius 1 is 1.27 bits per heavy atom. The molecule has 0 aromatic heterocycles.